The zero-order valence-electron chi connectivity index (χ0n) is 12.9. The maximum atomic E-state index is 6.21. The first kappa shape index (κ1) is 17.1. The fourth-order valence-electron chi connectivity index (χ4n) is 1.78. The van der Waals surface area contributed by atoms with Crippen LogP contribution in [0.1, 0.15) is 74.1 Å². The van der Waals surface area contributed by atoms with Crippen LogP contribution in [0.3, 0.4) is 0 Å². The number of hydrogen-bond donors (Lipinski definition) is 0. The zero-order chi connectivity index (χ0) is 13.5. The van der Waals surface area contributed by atoms with E-state index in [9.17, 15) is 0 Å². The first-order chi connectivity index (χ1) is 7.87. The molecule has 0 aliphatic carbocycles. The summed E-state index contributed by atoms with van der Waals surface area (Å²) >= 11 is 0. The van der Waals surface area contributed by atoms with E-state index in [1.807, 2.05) is 0 Å². The van der Waals surface area contributed by atoms with Gasteiger partial charge in [0.05, 0.1) is 0 Å². The first-order valence-corrected chi connectivity index (χ1v) is 8.70. The molecule has 0 aromatic heterocycles. The molecule has 2 unspecified atom stereocenters. The molecule has 0 rings (SSSR count). The third-order valence-corrected chi connectivity index (χ3v) is 6.38. The highest BCUT2D eigenvalue weighted by molar-refractivity contribution is 6.48. The summed E-state index contributed by atoms with van der Waals surface area (Å²) in [6.07, 6.45) is 5.17. The molecule has 0 aromatic rings. The van der Waals surface area contributed by atoms with Gasteiger partial charge in [-0.15, -0.1) is 0 Å². The van der Waals surface area contributed by atoms with Gasteiger partial charge in [-0.25, -0.2) is 0 Å². The van der Waals surface area contributed by atoms with Crippen LogP contribution in [0.2, 0.25) is 5.04 Å². The number of hydrogen-bond acceptors (Lipinski definition) is 2. The van der Waals surface area contributed by atoms with Crippen LogP contribution in [0.4, 0.5) is 0 Å². The molecule has 0 bridgehead atoms. The van der Waals surface area contributed by atoms with Crippen LogP contribution in [-0.4, -0.2) is 21.5 Å². The molecule has 104 valence electrons. The smallest absolute Gasteiger partial charge is 0.327 e. The fraction of sp³-hybridized carbons (Fsp3) is 1.00. The monoisotopic (exact) mass is 260 g/mol. The maximum Gasteiger partial charge on any atom is 0.327 e. The Morgan fingerprint density at radius 1 is 0.941 bits per heavy atom. The second kappa shape index (κ2) is 8.28. The summed E-state index contributed by atoms with van der Waals surface area (Å²) in [6.45, 7) is 15.5. The molecular formula is C14H32O2Si. The van der Waals surface area contributed by atoms with Crippen molar-refractivity contribution in [1.82, 2.24) is 0 Å². The normalized spacial score (nSPS) is 17.8. The highest BCUT2D eigenvalue weighted by atomic mass is 28.3. The molecule has 0 heterocycles. The van der Waals surface area contributed by atoms with Crippen molar-refractivity contribution in [2.75, 3.05) is 0 Å². The van der Waals surface area contributed by atoms with Crippen LogP contribution >= 0.6 is 0 Å². The van der Waals surface area contributed by atoms with Crippen molar-refractivity contribution < 1.29 is 8.85 Å². The van der Waals surface area contributed by atoms with E-state index in [4.69, 9.17) is 8.85 Å². The molecule has 0 saturated heterocycles. The van der Waals surface area contributed by atoms with Gasteiger partial charge in [0.15, 0.2) is 0 Å². The van der Waals surface area contributed by atoms with Crippen LogP contribution in [0.15, 0.2) is 0 Å². The zero-order valence-corrected chi connectivity index (χ0v) is 14.0. The van der Waals surface area contributed by atoms with Gasteiger partial charge in [0.2, 0.25) is 0 Å². The fourth-order valence-corrected chi connectivity index (χ4v) is 4.33. The van der Waals surface area contributed by atoms with Gasteiger partial charge in [0.25, 0.3) is 0 Å². The second-order valence-electron chi connectivity index (χ2n) is 5.78. The van der Waals surface area contributed by atoms with Crippen LogP contribution in [0, 0.1) is 0 Å². The van der Waals surface area contributed by atoms with Gasteiger partial charge in [-0.2, -0.15) is 0 Å². The van der Waals surface area contributed by atoms with Gasteiger partial charge >= 0.3 is 9.28 Å². The van der Waals surface area contributed by atoms with Crippen molar-refractivity contribution >= 4 is 9.28 Å². The van der Waals surface area contributed by atoms with Crippen molar-refractivity contribution in [2.45, 2.75) is 91.4 Å². The van der Waals surface area contributed by atoms with Crippen LogP contribution < -0.4 is 0 Å². The van der Waals surface area contributed by atoms with E-state index in [2.05, 4.69) is 48.5 Å². The van der Waals surface area contributed by atoms with Gasteiger partial charge in [0, 0.05) is 17.2 Å². The molecule has 3 heteroatoms. The van der Waals surface area contributed by atoms with Gasteiger partial charge < -0.3 is 8.85 Å². The Morgan fingerprint density at radius 3 is 1.65 bits per heavy atom. The lowest BCUT2D eigenvalue weighted by atomic mass is 10.1. The van der Waals surface area contributed by atoms with Crippen LogP contribution in [0.25, 0.3) is 0 Å². The highest BCUT2D eigenvalue weighted by Crippen LogP contribution is 2.36. The third-order valence-electron chi connectivity index (χ3n) is 3.39. The summed E-state index contributed by atoms with van der Waals surface area (Å²) in [6, 6.07) is 0. The Morgan fingerprint density at radius 2 is 1.35 bits per heavy atom. The maximum absolute atomic E-state index is 6.21. The van der Waals surface area contributed by atoms with Crippen molar-refractivity contribution in [2.24, 2.45) is 0 Å². The molecule has 0 amide bonds. The molecule has 17 heavy (non-hydrogen) atoms. The average molecular weight is 260 g/mol. The molecule has 0 aliphatic rings. The van der Waals surface area contributed by atoms with E-state index in [-0.39, 0.29) is 5.04 Å². The quantitative estimate of drug-likeness (QED) is 0.571. The third kappa shape index (κ3) is 6.58. The average Bonchev–Trinajstić information content (AvgIpc) is 2.27. The van der Waals surface area contributed by atoms with Crippen molar-refractivity contribution in [3.05, 3.63) is 0 Å². The standard InChI is InChI=1S/C14H32O2Si/c1-8-11-14(6,7)17(15-12(4)9-2)16-13(5)10-3/h12-13,17H,8-11H2,1-7H3. The van der Waals surface area contributed by atoms with Gasteiger partial charge in [0.1, 0.15) is 0 Å². The summed E-state index contributed by atoms with van der Waals surface area (Å²) in [5.41, 5.74) is 0. The summed E-state index contributed by atoms with van der Waals surface area (Å²) in [7, 11) is -1.61. The van der Waals surface area contributed by atoms with E-state index >= 15 is 0 Å². The minimum absolute atomic E-state index is 0.224. The lowest BCUT2D eigenvalue weighted by Gasteiger charge is -2.35. The Bertz CT molecular complexity index is 183. The van der Waals surface area contributed by atoms with Crippen LogP contribution in [-0.2, 0) is 8.85 Å². The Labute approximate surface area is 110 Å². The first-order valence-electron chi connectivity index (χ1n) is 7.18. The van der Waals surface area contributed by atoms with Crippen LogP contribution in [0.5, 0.6) is 0 Å². The summed E-state index contributed by atoms with van der Waals surface area (Å²) < 4.78 is 12.4. The Hall–Kier alpha value is 0.137. The van der Waals surface area contributed by atoms with Gasteiger partial charge in [-0.3, -0.25) is 0 Å². The van der Waals surface area contributed by atoms with E-state index < -0.39 is 9.28 Å². The minimum atomic E-state index is -1.61. The van der Waals surface area contributed by atoms with E-state index in [0.29, 0.717) is 12.2 Å². The molecule has 0 aromatic carbocycles. The highest BCUT2D eigenvalue weighted by Gasteiger charge is 2.35. The molecule has 2 nitrogen and oxygen atoms in total. The summed E-state index contributed by atoms with van der Waals surface area (Å²) in [5, 5.41) is 0.224. The second-order valence-corrected chi connectivity index (χ2v) is 8.55. The summed E-state index contributed by atoms with van der Waals surface area (Å²) in [4.78, 5) is 0. The molecule has 0 fully saturated rings. The largest absolute Gasteiger partial charge is 0.393 e. The van der Waals surface area contributed by atoms with Crippen molar-refractivity contribution in [3.63, 3.8) is 0 Å². The van der Waals surface area contributed by atoms with E-state index in [1.54, 1.807) is 0 Å². The Balaban J connectivity index is 4.58. The molecule has 2 atom stereocenters. The van der Waals surface area contributed by atoms with Gasteiger partial charge in [-0.05, 0) is 33.1 Å². The topological polar surface area (TPSA) is 18.5 Å². The van der Waals surface area contributed by atoms with Gasteiger partial charge in [-0.1, -0.05) is 41.0 Å². The molecule has 0 radical (unpaired) electrons. The van der Waals surface area contributed by atoms with E-state index in [0.717, 1.165) is 12.8 Å². The predicted molar refractivity (Wildman–Crippen MR) is 77.8 cm³/mol. The molecule has 0 N–H and O–H groups in total. The summed E-state index contributed by atoms with van der Waals surface area (Å²) in [5.74, 6) is 0. The van der Waals surface area contributed by atoms with Crippen molar-refractivity contribution in [1.29, 1.82) is 0 Å². The molecule has 0 spiro atoms. The molecule has 0 aliphatic heterocycles. The van der Waals surface area contributed by atoms with Crippen molar-refractivity contribution in [3.8, 4) is 0 Å². The van der Waals surface area contributed by atoms with E-state index in [1.165, 1.54) is 12.8 Å². The minimum Gasteiger partial charge on any atom is -0.393 e. The number of rotatable bonds is 9. The molecule has 0 saturated carbocycles. The predicted octanol–water partition coefficient (Wildman–Crippen LogP) is 4.42. The molecular weight excluding hydrogens is 228 g/mol. The lowest BCUT2D eigenvalue weighted by molar-refractivity contribution is 0.0939. The lowest BCUT2D eigenvalue weighted by Crippen LogP contribution is -2.39. The Kier molecular flexibility index (Phi) is 8.34. The SMILES string of the molecule is CCCC(C)(C)[SiH](OC(C)CC)OC(C)CC.